The van der Waals surface area contributed by atoms with Crippen LogP contribution in [0, 0.1) is 5.82 Å². The summed E-state index contributed by atoms with van der Waals surface area (Å²) in [6, 6.07) is 14.6. The van der Waals surface area contributed by atoms with Crippen molar-refractivity contribution < 1.29 is 9.50 Å². The molecule has 0 radical (unpaired) electrons. The molecule has 0 heterocycles. The van der Waals surface area contributed by atoms with E-state index in [1.165, 1.54) is 17.7 Å². The van der Waals surface area contributed by atoms with Crippen molar-refractivity contribution in [2.75, 3.05) is 0 Å². The first-order valence-corrected chi connectivity index (χ1v) is 7.23. The SMILES string of the molecule is OC1(Cc2cccc(F)c2)CCCCc2ccccc21. The average molecular weight is 270 g/mol. The molecule has 3 rings (SSSR count). The third-order valence-electron chi connectivity index (χ3n) is 4.19. The Labute approximate surface area is 119 Å². The van der Waals surface area contributed by atoms with Gasteiger partial charge in [0.15, 0.2) is 0 Å². The van der Waals surface area contributed by atoms with Gasteiger partial charge in [-0.05, 0) is 54.5 Å². The van der Waals surface area contributed by atoms with Crippen molar-refractivity contribution >= 4 is 0 Å². The van der Waals surface area contributed by atoms with Crippen LogP contribution in [0.3, 0.4) is 0 Å². The summed E-state index contributed by atoms with van der Waals surface area (Å²) in [4.78, 5) is 0. The second-order valence-electron chi connectivity index (χ2n) is 5.70. The summed E-state index contributed by atoms with van der Waals surface area (Å²) < 4.78 is 13.3. The molecule has 20 heavy (non-hydrogen) atoms. The van der Waals surface area contributed by atoms with Crippen LogP contribution in [0.15, 0.2) is 48.5 Å². The molecule has 1 unspecified atom stereocenters. The van der Waals surface area contributed by atoms with Crippen LogP contribution in [-0.4, -0.2) is 5.11 Å². The lowest BCUT2D eigenvalue weighted by molar-refractivity contribution is 0.0271. The largest absolute Gasteiger partial charge is 0.385 e. The first kappa shape index (κ1) is 13.3. The molecule has 1 nitrogen and oxygen atoms in total. The van der Waals surface area contributed by atoms with Gasteiger partial charge in [0.2, 0.25) is 0 Å². The van der Waals surface area contributed by atoms with Gasteiger partial charge in [0, 0.05) is 6.42 Å². The van der Waals surface area contributed by atoms with Gasteiger partial charge in [-0.3, -0.25) is 0 Å². The average Bonchev–Trinajstić information content (AvgIpc) is 2.59. The maximum Gasteiger partial charge on any atom is 0.123 e. The molecule has 0 aromatic heterocycles. The number of fused-ring (bicyclic) bond motifs is 1. The van der Waals surface area contributed by atoms with Crippen LogP contribution in [0.5, 0.6) is 0 Å². The number of hydrogen-bond acceptors (Lipinski definition) is 1. The molecule has 0 fully saturated rings. The third-order valence-corrected chi connectivity index (χ3v) is 4.19. The molecule has 2 aromatic rings. The van der Waals surface area contributed by atoms with Gasteiger partial charge < -0.3 is 5.11 Å². The van der Waals surface area contributed by atoms with E-state index in [9.17, 15) is 9.50 Å². The first-order valence-electron chi connectivity index (χ1n) is 7.23. The molecule has 0 saturated carbocycles. The van der Waals surface area contributed by atoms with E-state index in [1.54, 1.807) is 6.07 Å². The van der Waals surface area contributed by atoms with Crippen molar-refractivity contribution in [2.45, 2.75) is 37.7 Å². The van der Waals surface area contributed by atoms with Gasteiger partial charge >= 0.3 is 0 Å². The van der Waals surface area contributed by atoms with Crippen LogP contribution in [0.2, 0.25) is 0 Å². The lowest BCUT2D eigenvalue weighted by Gasteiger charge is -2.29. The maximum atomic E-state index is 13.3. The quantitative estimate of drug-likeness (QED) is 0.818. The molecule has 0 saturated heterocycles. The van der Waals surface area contributed by atoms with Gasteiger partial charge in [-0.25, -0.2) is 4.39 Å². The lowest BCUT2D eigenvalue weighted by Crippen LogP contribution is -2.28. The van der Waals surface area contributed by atoms with E-state index in [0.717, 1.165) is 36.8 Å². The van der Waals surface area contributed by atoms with Crippen molar-refractivity contribution in [3.63, 3.8) is 0 Å². The molecule has 1 aliphatic carbocycles. The molecule has 104 valence electrons. The van der Waals surface area contributed by atoms with Crippen LogP contribution in [-0.2, 0) is 18.4 Å². The van der Waals surface area contributed by atoms with E-state index in [1.807, 2.05) is 24.3 Å². The smallest absolute Gasteiger partial charge is 0.123 e. The highest BCUT2D eigenvalue weighted by Crippen LogP contribution is 2.36. The standard InChI is InChI=1S/C18H19FO/c19-16-9-5-6-14(12-16)13-18(20)11-4-3-8-15-7-1-2-10-17(15)18/h1-2,5-7,9-10,12,20H,3-4,8,11,13H2. The summed E-state index contributed by atoms with van der Waals surface area (Å²) >= 11 is 0. The van der Waals surface area contributed by atoms with Crippen LogP contribution in [0.25, 0.3) is 0 Å². The predicted molar refractivity (Wildman–Crippen MR) is 78.0 cm³/mol. The zero-order valence-corrected chi connectivity index (χ0v) is 11.5. The highest BCUT2D eigenvalue weighted by molar-refractivity contribution is 5.35. The molecule has 1 aliphatic rings. The number of hydrogen-bond donors (Lipinski definition) is 1. The normalized spacial score (nSPS) is 22.1. The summed E-state index contributed by atoms with van der Waals surface area (Å²) in [5.41, 5.74) is 2.22. The van der Waals surface area contributed by atoms with Crippen molar-refractivity contribution in [3.8, 4) is 0 Å². The molecule has 1 N–H and O–H groups in total. The van der Waals surface area contributed by atoms with Gasteiger partial charge in [-0.2, -0.15) is 0 Å². The fourth-order valence-electron chi connectivity index (χ4n) is 3.23. The Morgan fingerprint density at radius 3 is 2.75 bits per heavy atom. The van der Waals surface area contributed by atoms with Crippen LogP contribution >= 0.6 is 0 Å². The molecular formula is C18H19FO. The zero-order valence-electron chi connectivity index (χ0n) is 11.5. The second kappa shape index (κ2) is 5.37. The van der Waals surface area contributed by atoms with Crippen molar-refractivity contribution in [1.29, 1.82) is 0 Å². The zero-order chi connectivity index (χ0) is 14.0. The van der Waals surface area contributed by atoms with E-state index in [-0.39, 0.29) is 5.82 Å². The number of aliphatic hydroxyl groups is 1. The summed E-state index contributed by atoms with van der Waals surface area (Å²) in [5.74, 6) is -0.243. The molecule has 1 atom stereocenters. The Morgan fingerprint density at radius 2 is 1.90 bits per heavy atom. The van der Waals surface area contributed by atoms with E-state index < -0.39 is 5.60 Å². The minimum absolute atomic E-state index is 0.243. The molecule has 0 bridgehead atoms. The summed E-state index contributed by atoms with van der Waals surface area (Å²) in [7, 11) is 0. The number of benzene rings is 2. The molecular weight excluding hydrogens is 251 g/mol. The topological polar surface area (TPSA) is 20.2 Å². The highest BCUT2D eigenvalue weighted by atomic mass is 19.1. The Morgan fingerprint density at radius 1 is 1.05 bits per heavy atom. The Hall–Kier alpha value is -1.67. The second-order valence-corrected chi connectivity index (χ2v) is 5.70. The molecule has 0 amide bonds. The van der Waals surface area contributed by atoms with Gasteiger partial charge in [-0.15, -0.1) is 0 Å². The highest BCUT2D eigenvalue weighted by Gasteiger charge is 2.32. The fourth-order valence-corrected chi connectivity index (χ4v) is 3.23. The summed E-state index contributed by atoms with van der Waals surface area (Å²) in [6.45, 7) is 0. The molecule has 0 spiro atoms. The van der Waals surface area contributed by atoms with E-state index >= 15 is 0 Å². The molecule has 2 heteroatoms. The summed E-state index contributed by atoms with van der Waals surface area (Å²) in [6.07, 6.45) is 4.33. The van der Waals surface area contributed by atoms with Crippen molar-refractivity contribution in [2.24, 2.45) is 0 Å². The van der Waals surface area contributed by atoms with E-state index in [2.05, 4.69) is 6.07 Å². The Kier molecular flexibility index (Phi) is 3.58. The van der Waals surface area contributed by atoms with Crippen molar-refractivity contribution in [1.82, 2.24) is 0 Å². The van der Waals surface area contributed by atoms with Gasteiger partial charge in [0.05, 0.1) is 5.60 Å². The van der Waals surface area contributed by atoms with Crippen LogP contribution in [0.4, 0.5) is 4.39 Å². The van der Waals surface area contributed by atoms with Gasteiger partial charge in [0.25, 0.3) is 0 Å². The first-order chi connectivity index (χ1) is 9.67. The Bertz CT molecular complexity index is 608. The fraction of sp³-hybridized carbons (Fsp3) is 0.333. The Balaban J connectivity index is 1.98. The minimum Gasteiger partial charge on any atom is -0.385 e. The van der Waals surface area contributed by atoms with Crippen LogP contribution in [0.1, 0.15) is 36.0 Å². The number of aryl methyl sites for hydroxylation is 1. The predicted octanol–water partition coefficient (Wildman–Crippen LogP) is 3.98. The lowest BCUT2D eigenvalue weighted by atomic mass is 9.83. The van der Waals surface area contributed by atoms with E-state index in [4.69, 9.17) is 0 Å². The number of rotatable bonds is 2. The summed E-state index contributed by atoms with van der Waals surface area (Å²) in [5, 5.41) is 11.1. The van der Waals surface area contributed by atoms with Crippen LogP contribution < -0.4 is 0 Å². The van der Waals surface area contributed by atoms with Gasteiger partial charge in [0.1, 0.15) is 5.82 Å². The van der Waals surface area contributed by atoms with E-state index in [0.29, 0.717) is 6.42 Å². The monoisotopic (exact) mass is 270 g/mol. The van der Waals surface area contributed by atoms with Crippen molar-refractivity contribution in [3.05, 3.63) is 71.0 Å². The minimum atomic E-state index is -0.874. The third kappa shape index (κ3) is 2.61. The molecule has 0 aliphatic heterocycles. The molecule has 2 aromatic carbocycles. The maximum absolute atomic E-state index is 13.3. The van der Waals surface area contributed by atoms with Gasteiger partial charge in [-0.1, -0.05) is 36.4 Å². The number of halogens is 1.